The van der Waals surface area contributed by atoms with E-state index in [0.29, 0.717) is 17.4 Å². The Balaban J connectivity index is 2.15. The zero-order valence-corrected chi connectivity index (χ0v) is 25.5. The second-order valence-electron chi connectivity index (χ2n) is 12.4. The molecular weight excluding hydrogens is 464 g/mol. The summed E-state index contributed by atoms with van der Waals surface area (Å²) in [4.78, 5) is 0. The van der Waals surface area contributed by atoms with Crippen molar-refractivity contribution in [1.82, 2.24) is 0 Å². The molecule has 0 aliphatic rings. The Kier molecular flexibility index (Phi) is 14.9. The summed E-state index contributed by atoms with van der Waals surface area (Å²) in [7, 11) is 0. The molecule has 0 aromatic heterocycles. The molecule has 0 saturated carbocycles. The van der Waals surface area contributed by atoms with Gasteiger partial charge in [0.2, 0.25) is 0 Å². The molecule has 2 aromatic rings. The van der Waals surface area contributed by atoms with Crippen molar-refractivity contribution in [1.29, 1.82) is 0 Å². The molecule has 0 heterocycles. The van der Waals surface area contributed by atoms with Crippen molar-refractivity contribution in [2.24, 2.45) is 5.92 Å². The van der Waals surface area contributed by atoms with Gasteiger partial charge in [-0.25, -0.2) is 0 Å². The average Bonchev–Trinajstić information content (AvgIpc) is 2.89. The van der Waals surface area contributed by atoms with Crippen LogP contribution >= 0.6 is 0 Å². The van der Waals surface area contributed by atoms with Crippen molar-refractivity contribution in [3.63, 3.8) is 0 Å². The van der Waals surface area contributed by atoms with E-state index in [-0.39, 0.29) is 5.41 Å². The van der Waals surface area contributed by atoms with Crippen LogP contribution in [0, 0.1) is 5.92 Å². The van der Waals surface area contributed by atoms with Crippen LogP contribution in [0.15, 0.2) is 36.4 Å². The molecule has 0 spiro atoms. The molecule has 0 aliphatic heterocycles. The molecule has 0 amide bonds. The number of hydrogen-bond acceptors (Lipinski definition) is 2. The van der Waals surface area contributed by atoms with Gasteiger partial charge in [-0.1, -0.05) is 136 Å². The third kappa shape index (κ3) is 10.7. The molecule has 2 nitrogen and oxygen atoms in total. The van der Waals surface area contributed by atoms with Crippen LogP contribution < -0.4 is 0 Å². The first-order chi connectivity index (χ1) is 18.3. The van der Waals surface area contributed by atoms with Gasteiger partial charge in [0.1, 0.15) is 11.5 Å². The number of phenolic OH excluding ortho intramolecular Hbond substituents is 2. The number of hydrogen-bond donors (Lipinski definition) is 2. The first-order valence-electron chi connectivity index (χ1n) is 16.0. The molecule has 0 aliphatic carbocycles. The molecule has 38 heavy (non-hydrogen) atoms. The topological polar surface area (TPSA) is 40.5 Å². The molecule has 2 N–H and O–H groups in total. The highest BCUT2D eigenvalue weighted by Gasteiger charge is 2.31. The van der Waals surface area contributed by atoms with E-state index in [1.165, 1.54) is 88.2 Å². The lowest BCUT2D eigenvalue weighted by Crippen LogP contribution is -2.26. The Labute approximate surface area is 235 Å². The molecule has 0 saturated heterocycles. The average molecular weight is 523 g/mol. The SMILES string of the molecule is CCCCCCCCCc1cc(C(C)(CC(C)C)c2ccc(O)c(CCCCCCCCC)c2)ccc1O. The maximum atomic E-state index is 10.7. The van der Waals surface area contributed by atoms with Crippen LogP contribution in [-0.4, -0.2) is 10.2 Å². The van der Waals surface area contributed by atoms with Crippen molar-refractivity contribution in [3.8, 4) is 11.5 Å². The molecule has 2 aromatic carbocycles. The molecule has 0 bridgehead atoms. The van der Waals surface area contributed by atoms with Crippen LogP contribution in [0.3, 0.4) is 0 Å². The highest BCUT2D eigenvalue weighted by Crippen LogP contribution is 2.41. The predicted octanol–water partition coefficient (Wildman–Crippen LogP) is 11.0. The van der Waals surface area contributed by atoms with E-state index in [4.69, 9.17) is 0 Å². The molecule has 2 rings (SSSR count). The maximum absolute atomic E-state index is 10.7. The number of aromatic hydroxyl groups is 2. The number of unbranched alkanes of at least 4 members (excludes halogenated alkanes) is 12. The fourth-order valence-corrected chi connectivity index (χ4v) is 6.02. The fourth-order valence-electron chi connectivity index (χ4n) is 6.02. The van der Waals surface area contributed by atoms with E-state index in [1.807, 2.05) is 12.1 Å². The third-order valence-electron chi connectivity index (χ3n) is 8.35. The van der Waals surface area contributed by atoms with Gasteiger partial charge >= 0.3 is 0 Å². The zero-order valence-electron chi connectivity index (χ0n) is 25.5. The van der Waals surface area contributed by atoms with Gasteiger partial charge in [0.15, 0.2) is 0 Å². The van der Waals surface area contributed by atoms with Gasteiger partial charge in [-0.05, 0) is 72.4 Å². The summed E-state index contributed by atoms with van der Waals surface area (Å²) >= 11 is 0. The zero-order chi connectivity index (χ0) is 27.8. The molecule has 0 atom stereocenters. The van der Waals surface area contributed by atoms with E-state index in [2.05, 4.69) is 58.9 Å². The van der Waals surface area contributed by atoms with Gasteiger partial charge in [-0.2, -0.15) is 0 Å². The minimum absolute atomic E-state index is 0.167. The van der Waals surface area contributed by atoms with Crippen LogP contribution in [0.25, 0.3) is 0 Å². The lowest BCUT2D eigenvalue weighted by atomic mass is 9.70. The van der Waals surface area contributed by atoms with Crippen LogP contribution in [0.1, 0.15) is 153 Å². The summed E-state index contributed by atoms with van der Waals surface area (Å²) in [5, 5.41) is 21.3. The Morgan fingerprint density at radius 2 is 0.947 bits per heavy atom. The van der Waals surface area contributed by atoms with Gasteiger partial charge in [0.25, 0.3) is 0 Å². The summed E-state index contributed by atoms with van der Waals surface area (Å²) in [6, 6.07) is 12.6. The van der Waals surface area contributed by atoms with E-state index < -0.39 is 0 Å². The molecule has 214 valence electrons. The van der Waals surface area contributed by atoms with Gasteiger partial charge in [0, 0.05) is 5.41 Å². The Bertz CT molecular complexity index is 846. The van der Waals surface area contributed by atoms with Crippen molar-refractivity contribution in [2.45, 2.75) is 149 Å². The van der Waals surface area contributed by atoms with E-state index in [1.54, 1.807) is 0 Å². The van der Waals surface area contributed by atoms with Crippen LogP contribution in [-0.2, 0) is 18.3 Å². The van der Waals surface area contributed by atoms with Crippen molar-refractivity contribution in [2.75, 3.05) is 0 Å². The summed E-state index contributed by atoms with van der Waals surface area (Å²) in [5.74, 6) is 1.38. The van der Waals surface area contributed by atoms with Gasteiger partial charge in [-0.3, -0.25) is 0 Å². The van der Waals surface area contributed by atoms with E-state index in [0.717, 1.165) is 43.2 Å². The normalized spacial score (nSPS) is 11.9. The van der Waals surface area contributed by atoms with Gasteiger partial charge < -0.3 is 10.2 Å². The second kappa shape index (κ2) is 17.6. The number of phenols is 2. The monoisotopic (exact) mass is 522 g/mol. The first-order valence-corrected chi connectivity index (χ1v) is 16.0. The first kappa shape index (κ1) is 32.3. The molecule has 2 heteroatoms. The van der Waals surface area contributed by atoms with Gasteiger partial charge in [-0.15, -0.1) is 0 Å². The van der Waals surface area contributed by atoms with Crippen molar-refractivity contribution < 1.29 is 10.2 Å². The number of rotatable bonds is 20. The summed E-state index contributed by atoms with van der Waals surface area (Å²) < 4.78 is 0. The Morgan fingerprint density at radius 1 is 0.579 bits per heavy atom. The quantitative estimate of drug-likeness (QED) is 0.170. The van der Waals surface area contributed by atoms with Crippen LogP contribution in [0.4, 0.5) is 0 Å². The molecule has 0 radical (unpaired) electrons. The standard InChI is InChI=1S/C36H58O2/c1-6-8-10-12-14-16-18-20-30-26-32(22-24-34(30)37)36(5,28-29(3)4)33-23-25-35(38)31(27-33)21-19-17-15-13-11-9-7-2/h22-27,29,37-38H,6-21,28H2,1-5H3. The Morgan fingerprint density at radius 3 is 1.32 bits per heavy atom. The lowest BCUT2D eigenvalue weighted by molar-refractivity contribution is 0.422. The summed E-state index contributed by atoms with van der Waals surface area (Å²) in [6.07, 6.45) is 20.8. The Hall–Kier alpha value is -1.96. The lowest BCUT2D eigenvalue weighted by Gasteiger charge is -2.34. The van der Waals surface area contributed by atoms with E-state index in [9.17, 15) is 10.2 Å². The van der Waals surface area contributed by atoms with Crippen molar-refractivity contribution in [3.05, 3.63) is 58.7 Å². The molecular formula is C36H58O2. The third-order valence-corrected chi connectivity index (χ3v) is 8.35. The number of aryl methyl sites for hydroxylation is 2. The maximum Gasteiger partial charge on any atom is 0.118 e. The molecule has 0 unspecified atom stereocenters. The fraction of sp³-hybridized carbons (Fsp3) is 0.667. The summed E-state index contributed by atoms with van der Waals surface area (Å²) in [6.45, 7) is 11.5. The van der Waals surface area contributed by atoms with Gasteiger partial charge in [0.05, 0.1) is 0 Å². The molecule has 0 fully saturated rings. The predicted molar refractivity (Wildman–Crippen MR) is 166 cm³/mol. The van der Waals surface area contributed by atoms with Crippen LogP contribution in [0.5, 0.6) is 11.5 Å². The van der Waals surface area contributed by atoms with Crippen molar-refractivity contribution >= 4 is 0 Å². The summed E-state index contributed by atoms with van der Waals surface area (Å²) in [5.41, 5.74) is 4.53. The highest BCUT2D eigenvalue weighted by atomic mass is 16.3. The minimum atomic E-state index is -0.167. The highest BCUT2D eigenvalue weighted by molar-refractivity contribution is 5.47. The largest absolute Gasteiger partial charge is 0.508 e. The second-order valence-corrected chi connectivity index (χ2v) is 12.4. The minimum Gasteiger partial charge on any atom is -0.508 e. The van der Waals surface area contributed by atoms with Crippen LogP contribution in [0.2, 0.25) is 0 Å². The number of benzene rings is 2. The van der Waals surface area contributed by atoms with E-state index >= 15 is 0 Å². The smallest absolute Gasteiger partial charge is 0.118 e.